The number of methoxy groups -OCH3 is 1. The van der Waals surface area contributed by atoms with Crippen molar-refractivity contribution >= 4 is 23.3 Å². The number of benzene rings is 2. The van der Waals surface area contributed by atoms with Crippen molar-refractivity contribution in [3.05, 3.63) is 82.3 Å². The minimum Gasteiger partial charge on any atom is -0.465 e. The second kappa shape index (κ2) is 9.65. The van der Waals surface area contributed by atoms with Gasteiger partial charge in [-0.05, 0) is 62.2 Å². The standard InChI is InChI=1S/C25H21F3N2O5/c1-14-21-19(30-29-17-6-3-5-16(13-17)25(26,27)28)7-4-8-20(21)35-22(14)24(32)34-18-11-9-15(10-12-18)23(31)33-2/h3,5-6,9-13,29H,4,7-8H2,1-2H3/b30-19+. The Bertz CT molecular complexity index is 1290. The maximum Gasteiger partial charge on any atom is 0.416 e. The fraction of sp³-hybridized carbons (Fsp3) is 0.240. The third-order valence-electron chi connectivity index (χ3n) is 5.51. The highest BCUT2D eigenvalue weighted by atomic mass is 19.4. The summed E-state index contributed by atoms with van der Waals surface area (Å²) in [6, 6.07) is 10.6. The maximum atomic E-state index is 13.0. The Morgan fingerprint density at radius 2 is 1.80 bits per heavy atom. The molecule has 1 aliphatic carbocycles. The number of ether oxygens (including phenoxy) is 2. The molecule has 35 heavy (non-hydrogen) atoms. The molecule has 1 aliphatic rings. The van der Waals surface area contributed by atoms with E-state index in [0.717, 1.165) is 12.1 Å². The van der Waals surface area contributed by atoms with Crippen LogP contribution in [0.5, 0.6) is 5.75 Å². The summed E-state index contributed by atoms with van der Waals surface area (Å²) in [5, 5.41) is 4.31. The molecule has 0 saturated carbocycles. The van der Waals surface area contributed by atoms with Crippen LogP contribution < -0.4 is 10.2 Å². The van der Waals surface area contributed by atoms with Gasteiger partial charge in [-0.3, -0.25) is 5.43 Å². The number of alkyl halides is 3. The Labute approximate surface area is 198 Å². The Balaban J connectivity index is 1.54. The van der Waals surface area contributed by atoms with Crippen LogP contribution in [0.15, 0.2) is 58.0 Å². The van der Waals surface area contributed by atoms with Crippen LogP contribution >= 0.6 is 0 Å². The van der Waals surface area contributed by atoms with Crippen molar-refractivity contribution in [2.75, 3.05) is 12.5 Å². The van der Waals surface area contributed by atoms with Gasteiger partial charge in [0.05, 0.1) is 29.6 Å². The third-order valence-corrected chi connectivity index (χ3v) is 5.51. The molecule has 0 radical (unpaired) electrons. The molecule has 0 bridgehead atoms. The van der Waals surface area contributed by atoms with E-state index in [9.17, 15) is 22.8 Å². The molecule has 0 fully saturated rings. The summed E-state index contributed by atoms with van der Waals surface area (Å²) in [6.07, 6.45) is -2.62. The van der Waals surface area contributed by atoms with E-state index in [0.29, 0.717) is 47.4 Å². The molecule has 1 N–H and O–H groups in total. The number of carbonyl (C=O) groups is 2. The molecule has 10 heteroatoms. The molecule has 7 nitrogen and oxygen atoms in total. The Morgan fingerprint density at radius 3 is 2.49 bits per heavy atom. The highest BCUT2D eigenvalue weighted by Gasteiger charge is 2.31. The second-order valence-corrected chi connectivity index (χ2v) is 7.86. The lowest BCUT2D eigenvalue weighted by atomic mass is 9.93. The summed E-state index contributed by atoms with van der Waals surface area (Å²) in [7, 11) is 1.27. The van der Waals surface area contributed by atoms with E-state index >= 15 is 0 Å². The van der Waals surface area contributed by atoms with Crippen molar-refractivity contribution in [1.82, 2.24) is 0 Å². The van der Waals surface area contributed by atoms with E-state index in [2.05, 4.69) is 15.3 Å². The number of anilines is 1. The fourth-order valence-corrected chi connectivity index (χ4v) is 3.80. The average molecular weight is 486 g/mol. The van der Waals surface area contributed by atoms with Gasteiger partial charge in [-0.1, -0.05) is 6.07 Å². The van der Waals surface area contributed by atoms with Crippen LogP contribution in [0.1, 0.15) is 56.2 Å². The van der Waals surface area contributed by atoms with Gasteiger partial charge in [-0.25, -0.2) is 9.59 Å². The molecule has 4 rings (SSSR count). The van der Waals surface area contributed by atoms with Crippen LogP contribution in [-0.4, -0.2) is 24.8 Å². The van der Waals surface area contributed by atoms with E-state index in [4.69, 9.17) is 9.15 Å². The predicted octanol–water partition coefficient (Wildman–Crippen LogP) is 5.77. The van der Waals surface area contributed by atoms with Crippen LogP contribution in [0, 0.1) is 6.92 Å². The summed E-state index contributed by atoms with van der Waals surface area (Å²) < 4.78 is 54.8. The number of esters is 2. The van der Waals surface area contributed by atoms with Crippen molar-refractivity contribution in [2.24, 2.45) is 5.10 Å². The fourth-order valence-electron chi connectivity index (χ4n) is 3.80. The molecule has 0 spiro atoms. The molecule has 0 unspecified atom stereocenters. The smallest absolute Gasteiger partial charge is 0.416 e. The molecule has 0 aliphatic heterocycles. The molecular formula is C25H21F3N2O5. The first-order valence-electron chi connectivity index (χ1n) is 10.7. The topological polar surface area (TPSA) is 90.1 Å². The minimum absolute atomic E-state index is 0.0145. The van der Waals surface area contributed by atoms with Gasteiger partial charge in [0.15, 0.2) is 0 Å². The first-order chi connectivity index (χ1) is 16.7. The number of hydrazone groups is 1. The number of furan rings is 1. The SMILES string of the molecule is COC(=O)c1ccc(OC(=O)c2oc3c(c2C)/C(=N/Nc2cccc(C(F)(F)F)c2)CCC3)cc1. The lowest BCUT2D eigenvalue weighted by Crippen LogP contribution is -2.14. The number of halogens is 3. The monoisotopic (exact) mass is 486 g/mol. The van der Waals surface area contributed by atoms with Gasteiger partial charge in [0.25, 0.3) is 0 Å². The minimum atomic E-state index is -4.46. The Kier molecular flexibility index (Phi) is 6.63. The number of rotatable bonds is 5. The highest BCUT2D eigenvalue weighted by molar-refractivity contribution is 6.06. The van der Waals surface area contributed by atoms with Crippen molar-refractivity contribution in [3.8, 4) is 5.75 Å². The van der Waals surface area contributed by atoms with Gasteiger partial charge in [-0.2, -0.15) is 18.3 Å². The lowest BCUT2D eigenvalue weighted by Gasteiger charge is -2.14. The van der Waals surface area contributed by atoms with Gasteiger partial charge in [-0.15, -0.1) is 0 Å². The normalized spacial score (nSPS) is 14.4. The van der Waals surface area contributed by atoms with E-state index in [1.165, 1.54) is 43.5 Å². The van der Waals surface area contributed by atoms with Crippen LogP contribution in [-0.2, 0) is 17.3 Å². The molecular weight excluding hydrogens is 465 g/mol. The molecule has 0 atom stereocenters. The zero-order valence-electron chi connectivity index (χ0n) is 18.9. The number of hydrogen-bond acceptors (Lipinski definition) is 7. The summed E-state index contributed by atoms with van der Waals surface area (Å²) >= 11 is 0. The maximum absolute atomic E-state index is 13.0. The summed E-state index contributed by atoms with van der Waals surface area (Å²) in [5.74, 6) is -0.431. The quantitative estimate of drug-likeness (QED) is 0.280. The zero-order valence-corrected chi connectivity index (χ0v) is 18.9. The molecule has 2 aromatic carbocycles. The molecule has 0 amide bonds. The lowest BCUT2D eigenvalue weighted by molar-refractivity contribution is -0.137. The highest BCUT2D eigenvalue weighted by Crippen LogP contribution is 2.32. The number of nitrogens with one attached hydrogen (secondary N) is 1. The molecule has 1 heterocycles. The largest absolute Gasteiger partial charge is 0.465 e. The number of hydrogen-bond donors (Lipinski definition) is 1. The van der Waals surface area contributed by atoms with E-state index in [-0.39, 0.29) is 17.2 Å². The number of fused-ring (bicyclic) bond motifs is 1. The average Bonchev–Trinajstić information content (AvgIpc) is 3.19. The second-order valence-electron chi connectivity index (χ2n) is 7.86. The van der Waals surface area contributed by atoms with Crippen LogP contribution in [0.4, 0.5) is 18.9 Å². The van der Waals surface area contributed by atoms with Gasteiger partial charge in [0.1, 0.15) is 11.5 Å². The molecule has 182 valence electrons. The van der Waals surface area contributed by atoms with Crippen molar-refractivity contribution < 1.29 is 36.7 Å². The van der Waals surface area contributed by atoms with Crippen molar-refractivity contribution in [1.29, 1.82) is 0 Å². The molecule has 3 aromatic rings. The number of carbonyl (C=O) groups excluding carboxylic acids is 2. The van der Waals surface area contributed by atoms with E-state index < -0.39 is 23.7 Å². The van der Waals surface area contributed by atoms with Crippen molar-refractivity contribution in [3.63, 3.8) is 0 Å². The van der Waals surface area contributed by atoms with Crippen molar-refractivity contribution in [2.45, 2.75) is 32.4 Å². The Morgan fingerprint density at radius 1 is 1.06 bits per heavy atom. The third kappa shape index (κ3) is 5.21. The van der Waals surface area contributed by atoms with Gasteiger partial charge < -0.3 is 13.9 Å². The zero-order chi connectivity index (χ0) is 25.2. The van der Waals surface area contributed by atoms with E-state index in [1.54, 1.807) is 6.92 Å². The predicted molar refractivity (Wildman–Crippen MR) is 121 cm³/mol. The molecule has 1 aromatic heterocycles. The number of nitrogens with zero attached hydrogens (tertiary/aromatic N) is 1. The molecule has 0 saturated heterocycles. The van der Waals surface area contributed by atoms with Gasteiger partial charge >= 0.3 is 18.1 Å². The summed E-state index contributed by atoms with van der Waals surface area (Å²) in [4.78, 5) is 24.3. The van der Waals surface area contributed by atoms with Gasteiger partial charge in [0.2, 0.25) is 5.76 Å². The van der Waals surface area contributed by atoms with Crippen LogP contribution in [0.3, 0.4) is 0 Å². The van der Waals surface area contributed by atoms with Crippen LogP contribution in [0.2, 0.25) is 0 Å². The summed E-state index contributed by atoms with van der Waals surface area (Å²) in [6.45, 7) is 1.70. The first-order valence-corrected chi connectivity index (χ1v) is 10.7. The number of aryl methyl sites for hydroxylation is 1. The van der Waals surface area contributed by atoms with E-state index in [1.807, 2.05) is 0 Å². The van der Waals surface area contributed by atoms with Crippen LogP contribution in [0.25, 0.3) is 0 Å². The van der Waals surface area contributed by atoms with Gasteiger partial charge in [0, 0.05) is 17.5 Å². The first kappa shape index (κ1) is 24.1. The Hall–Kier alpha value is -4.08. The summed E-state index contributed by atoms with van der Waals surface area (Å²) in [5.41, 5.74) is 4.15.